The first-order valence-electron chi connectivity index (χ1n) is 6.99. The van der Waals surface area contributed by atoms with Gasteiger partial charge in [-0.05, 0) is 44.2 Å². The van der Waals surface area contributed by atoms with E-state index in [0.717, 1.165) is 5.39 Å². The SMILES string of the molecule is CC(C)(NS(=O)(=O)c1ccc2oc3cc(Cl)ccc3c2c1)C(=O)O. The molecule has 3 rings (SSSR count). The average molecular weight is 368 g/mol. The summed E-state index contributed by atoms with van der Waals surface area (Å²) in [7, 11) is -4.01. The van der Waals surface area contributed by atoms with Gasteiger partial charge in [0, 0.05) is 21.9 Å². The Bertz CT molecular complexity index is 1070. The lowest BCUT2D eigenvalue weighted by Gasteiger charge is -2.20. The van der Waals surface area contributed by atoms with Crippen LogP contribution in [0.25, 0.3) is 21.9 Å². The summed E-state index contributed by atoms with van der Waals surface area (Å²) in [5.74, 6) is -1.27. The van der Waals surface area contributed by atoms with Crippen molar-refractivity contribution in [2.45, 2.75) is 24.3 Å². The maximum absolute atomic E-state index is 12.5. The number of hydrogen-bond acceptors (Lipinski definition) is 4. The van der Waals surface area contributed by atoms with Crippen molar-refractivity contribution in [2.75, 3.05) is 0 Å². The van der Waals surface area contributed by atoms with E-state index in [9.17, 15) is 13.2 Å². The van der Waals surface area contributed by atoms with Crippen LogP contribution in [0.4, 0.5) is 0 Å². The smallest absolute Gasteiger partial charge is 0.324 e. The number of nitrogens with one attached hydrogen (secondary N) is 1. The Morgan fingerprint density at radius 1 is 1.12 bits per heavy atom. The molecule has 0 saturated carbocycles. The molecule has 126 valence electrons. The maximum Gasteiger partial charge on any atom is 0.324 e. The highest BCUT2D eigenvalue weighted by Crippen LogP contribution is 2.32. The zero-order chi connectivity index (χ0) is 17.7. The van der Waals surface area contributed by atoms with E-state index in [2.05, 4.69) is 4.72 Å². The minimum Gasteiger partial charge on any atom is -0.480 e. The molecule has 1 heterocycles. The van der Waals surface area contributed by atoms with Crippen molar-refractivity contribution in [3.8, 4) is 0 Å². The van der Waals surface area contributed by atoms with Crippen LogP contribution in [0.2, 0.25) is 5.02 Å². The average Bonchev–Trinajstić information content (AvgIpc) is 2.82. The van der Waals surface area contributed by atoms with Gasteiger partial charge in [0.25, 0.3) is 0 Å². The van der Waals surface area contributed by atoms with Crippen LogP contribution in [0.1, 0.15) is 13.8 Å². The van der Waals surface area contributed by atoms with Crippen LogP contribution in [-0.4, -0.2) is 25.0 Å². The Morgan fingerprint density at radius 3 is 2.50 bits per heavy atom. The monoisotopic (exact) mass is 367 g/mol. The van der Waals surface area contributed by atoms with Crippen LogP contribution in [0.5, 0.6) is 0 Å². The molecule has 0 spiro atoms. The van der Waals surface area contributed by atoms with Crippen molar-refractivity contribution in [1.82, 2.24) is 4.72 Å². The van der Waals surface area contributed by atoms with Crippen LogP contribution in [-0.2, 0) is 14.8 Å². The van der Waals surface area contributed by atoms with E-state index in [1.54, 1.807) is 18.2 Å². The highest BCUT2D eigenvalue weighted by molar-refractivity contribution is 7.89. The lowest BCUT2D eigenvalue weighted by molar-refractivity contribution is -0.142. The molecule has 0 aliphatic rings. The zero-order valence-electron chi connectivity index (χ0n) is 12.8. The molecule has 0 atom stereocenters. The second kappa shape index (κ2) is 5.47. The van der Waals surface area contributed by atoms with Gasteiger partial charge in [-0.3, -0.25) is 4.79 Å². The Morgan fingerprint density at radius 2 is 1.83 bits per heavy atom. The number of aliphatic carboxylic acids is 1. The molecular formula is C16H14ClNO5S. The molecule has 0 fully saturated rings. The van der Waals surface area contributed by atoms with Gasteiger partial charge in [-0.15, -0.1) is 0 Å². The van der Waals surface area contributed by atoms with Crippen molar-refractivity contribution in [3.05, 3.63) is 41.4 Å². The van der Waals surface area contributed by atoms with Gasteiger partial charge in [0.15, 0.2) is 0 Å². The molecule has 6 nitrogen and oxygen atoms in total. The number of furan rings is 1. The molecule has 3 aromatic rings. The Kier molecular flexibility index (Phi) is 3.82. The predicted octanol–water partition coefficient (Wildman–Crippen LogP) is 3.38. The van der Waals surface area contributed by atoms with Gasteiger partial charge < -0.3 is 9.52 Å². The van der Waals surface area contributed by atoms with Gasteiger partial charge in [-0.1, -0.05) is 11.6 Å². The first-order valence-corrected chi connectivity index (χ1v) is 8.85. The third-order valence-electron chi connectivity index (χ3n) is 3.64. The summed E-state index contributed by atoms with van der Waals surface area (Å²) in [5.41, 5.74) is -0.561. The zero-order valence-corrected chi connectivity index (χ0v) is 14.4. The molecule has 2 N–H and O–H groups in total. The molecule has 0 bridgehead atoms. The van der Waals surface area contributed by atoms with Crippen molar-refractivity contribution in [3.63, 3.8) is 0 Å². The van der Waals surface area contributed by atoms with Gasteiger partial charge >= 0.3 is 5.97 Å². The minimum absolute atomic E-state index is 0.0398. The molecular weight excluding hydrogens is 354 g/mol. The lowest BCUT2D eigenvalue weighted by atomic mass is 10.1. The number of hydrogen-bond donors (Lipinski definition) is 2. The number of fused-ring (bicyclic) bond motifs is 3. The summed E-state index contributed by atoms with van der Waals surface area (Å²) in [4.78, 5) is 11.1. The van der Waals surface area contributed by atoms with E-state index in [-0.39, 0.29) is 4.90 Å². The molecule has 24 heavy (non-hydrogen) atoms. The highest BCUT2D eigenvalue weighted by Gasteiger charge is 2.33. The fraction of sp³-hybridized carbons (Fsp3) is 0.188. The van der Waals surface area contributed by atoms with Crippen molar-refractivity contribution < 1.29 is 22.7 Å². The highest BCUT2D eigenvalue weighted by atomic mass is 35.5. The lowest BCUT2D eigenvalue weighted by Crippen LogP contribution is -2.49. The third-order valence-corrected chi connectivity index (χ3v) is 5.53. The molecule has 0 aliphatic carbocycles. The molecule has 0 radical (unpaired) electrons. The van der Waals surface area contributed by atoms with E-state index in [1.807, 2.05) is 0 Å². The van der Waals surface area contributed by atoms with E-state index >= 15 is 0 Å². The molecule has 0 saturated heterocycles. The standard InChI is InChI=1S/C16H14ClNO5S/c1-16(2,15(19)20)18-24(21,22)10-4-6-13-12(8-10)11-5-3-9(17)7-14(11)23-13/h3-8,18H,1-2H3,(H,19,20). The number of carbonyl (C=O) groups is 1. The molecule has 8 heteroatoms. The van der Waals surface area contributed by atoms with Crippen LogP contribution in [0.3, 0.4) is 0 Å². The van der Waals surface area contributed by atoms with E-state index in [1.165, 1.54) is 32.0 Å². The third kappa shape index (κ3) is 2.86. The topological polar surface area (TPSA) is 96.6 Å². The van der Waals surface area contributed by atoms with Gasteiger partial charge in [0.05, 0.1) is 4.90 Å². The predicted molar refractivity (Wildman–Crippen MR) is 90.8 cm³/mol. The summed E-state index contributed by atoms with van der Waals surface area (Å²) in [5, 5.41) is 11.0. The summed E-state index contributed by atoms with van der Waals surface area (Å²) in [6.07, 6.45) is 0. The number of sulfonamides is 1. The molecule has 2 aromatic carbocycles. The minimum atomic E-state index is -4.01. The largest absolute Gasteiger partial charge is 0.480 e. The van der Waals surface area contributed by atoms with Crippen molar-refractivity contribution >= 4 is 49.5 Å². The quantitative estimate of drug-likeness (QED) is 0.736. The van der Waals surface area contributed by atoms with Crippen LogP contribution >= 0.6 is 11.6 Å². The van der Waals surface area contributed by atoms with E-state index in [4.69, 9.17) is 21.1 Å². The van der Waals surface area contributed by atoms with E-state index < -0.39 is 21.5 Å². The summed E-state index contributed by atoms with van der Waals surface area (Å²) >= 11 is 5.93. The Labute approximate surface area is 143 Å². The number of benzene rings is 2. The number of carboxylic acid groups (broad SMARTS) is 1. The molecule has 0 unspecified atom stereocenters. The summed E-state index contributed by atoms with van der Waals surface area (Å²) < 4.78 is 32.8. The second-order valence-electron chi connectivity index (χ2n) is 5.94. The second-order valence-corrected chi connectivity index (χ2v) is 8.05. The van der Waals surface area contributed by atoms with Gasteiger partial charge in [-0.25, -0.2) is 8.42 Å². The maximum atomic E-state index is 12.5. The Hall–Kier alpha value is -2.09. The summed E-state index contributed by atoms with van der Waals surface area (Å²) in [6, 6.07) is 9.44. The van der Waals surface area contributed by atoms with Gasteiger partial charge in [0.2, 0.25) is 10.0 Å². The van der Waals surface area contributed by atoms with Crippen molar-refractivity contribution in [1.29, 1.82) is 0 Å². The molecule has 0 aliphatic heterocycles. The Balaban J connectivity index is 2.13. The fourth-order valence-corrected chi connectivity index (χ4v) is 3.90. The fourth-order valence-electron chi connectivity index (χ4n) is 2.34. The van der Waals surface area contributed by atoms with Crippen LogP contribution in [0, 0.1) is 0 Å². The molecule has 0 amide bonds. The van der Waals surface area contributed by atoms with Crippen LogP contribution in [0.15, 0.2) is 45.7 Å². The number of rotatable bonds is 4. The summed E-state index contributed by atoms with van der Waals surface area (Å²) in [6.45, 7) is 2.56. The first kappa shape index (κ1) is 16.8. The van der Waals surface area contributed by atoms with Gasteiger partial charge in [-0.2, -0.15) is 4.72 Å². The molecule has 1 aromatic heterocycles. The van der Waals surface area contributed by atoms with Gasteiger partial charge in [0.1, 0.15) is 16.7 Å². The number of carboxylic acids is 1. The van der Waals surface area contributed by atoms with E-state index in [0.29, 0.717) is 21.6 Å². The normalized spacial score (nSPS) is 12.8. The number of halogens is 1. The van der Waals surface area contributed by atoms with Crippen molar-refractivity contribution in [2.24, 2.45) is 0 Å². The first-order chi connectivity index (χ1) is 11.1. The van der Waals surface area contributed by atoms with Crippen LogP contribution < -0.4 is 4.72 Å².